The Morgan fingerprint density at radius 1 is 0.480 bits per heavy atom. The van der Waals surface area contributed by atoms with Crippen LogP contribution in [0.1, 0.15) is 0 Å². The van der Waals surface area contributed by atoms with Crippen molar-refractivity contribution in [1.29, 1.82) is 0 Å². The number of hydrogen-bond acceptors (Lipinski definition) is 1. The Balaban J connectivity index is 5.28. The molecule has 0 bridgehead atoms. The van der Waals surface area contributed by atoms with E-state index in [1.54, 1.807) is 0 Å². The minimum Gasteiger partial charge on any atom is -0.369 e. The Bertz CT molecular complexity index is 402. The molecule has 0 heterocycles. The van der Waals surface area contributed by atoms with Gasteiger partial charge in [-0.2, -0.15) is 43.9 Å². The minimum absolute atomic E-state index is 2.98. The Hall–Kier alpha value is -1.02. The summed E-state index contributed by atoms with van der Waals surface area (Å²) in [5.41, 5.74) is -11.8. The largest absolute Gasteiger partial charge is 0.431 e. The lowest BCUT2D eigenvalue weighted by atomic mass is 9.98. The topological polar surface area (TPSA) is 9.23 Å². The average molecular weight is 410 g/mol. The molecule has 0 amide bonds. The third-order valence-corrected chi connectivity index (χ3v) is 2.99. The molecule has 0 rings (SSSR count). The summed E-state index contributed by atoms with van der Waals surface area (Å²) in [5.74, 6) is -11.7. The van der Waals surface area contributed by atoms with Crippen molar-refractivity contribution in [3.8, 4) is 0 Å². The van der Waals surface area contributed by atoms with Crippen molar-refractivity contribution in [2.45, 2.75) is 35.5 Å². The highest BCUT2D eigenvalue weighted by atomic mass is 19.4. The molecule has 0 aliphatic carbocycles. The molecule has 0 saturated heterocycles. The van der Waals surface area contributed by atoms with Gasteiger partial charge in [0.2, 0.25) is 0 Å². The lowest BCUT2D eigenvalue weighted by Crippen LogP contribution is -2.61. The molecule has 15 heteroatoms. The van der Waals surface area contributed by atoms with Gasteiger partial charge < -0.3 is 4.74 Å². The first kappa shape index (κ1) is 24.0. The van der Waals surface area contributed by atoms with Crippen LogP contribution in [0, 0.1) is 0 Å². The molecule has 0 aromatic rings. The van der Waals surface area contributed by atoms with Crippen LogP contribution in [0.2, 0.25) is 0 Å². The Morgan fingerprint density at radius 3 is 0.880 bits per heavy atom. The normalized spacial score (nSPS) is 19.4. The molecule has 0 aliphatic rings. The van der Waals surface area contributed by atoms with Gasteiger partial charge in [-0.3, -0.25) is 0 Å². The van der Waals surface area contributed by atoms with E-state index in [0.717, 1.165) is 0 Å². The predicted molar refractivity (Wildman–Crippen MR) is 52.5 cm³/mol. The van der Waals surface area contributed by atoms with Crippen LogP contribution in [0.4, 0.5) is 61.5 Å². The molecule has 2 unspecified atom stereocenters. The number of hydrogen-bond donors (Lipinski definition) is 0. The highest BCUT2D eigenvalue weighted by molar-refractivity contribution is 5.02. The molecule has 0 radical (unpaired) electrons. The second kappa shape index (κ2) is 6.95. The van der Waals surface area contributed by atoms with Crippen LogP contribution in [0.15, 0.2) is 0 Å². The molecular weight excluding hydrogens is 402 g/mol. The standard InChI is InChI=1S/C10H8F14O/c11-1-5(13,9(19,20)21)7(15,16)3-25-4-8(17,18)6(14,2-12)10(22,23)24/h1-4H2. The average Bonchev–Trinajstić information content (AvgIpc) is 2.41. The number of alkyl halides is 14. The van der Waals surface area contributed by atoms with E-state index in [-0.39, 0.29) is 0 Å². The molecule has 152 valence electrons. The van der Waals surface area contributed by atoms with E-state index in [4.69, 9.17) is 0 Å². The first-order chi connectivity index (χ1) is 10.8. The SMILES string of the molecule is FCC(F)(C(F)(F)F)C(F)(F)COCC(F)(F)C(F)(CF)C(F)(F)F. The summed E-state index contributed by atoms with van der Waals surface area (Å²) >= 11 is 0. The molecule has 0 N–H and O–H groups in total. The second-order valence-corrected chi connectivity index (χ2v) is 4.77. The van der Waals surface area contributed by atoms with Gasteiger partial charge in [-0.05, 0) is 0 Å². The maximum atomic E-state index is 13.1. The maximum absolute atomic E-state index is 13.1. The maximum Gasteiger partial charge on any atom is 0.431 e. The third-order valence-electron chi connectivity index (χ3n) is 2.99. The van der Waals surface area contributed by atoms with Crippen molar-refractivity contribution in [2.75, 3.05) is 26.6 Å². The molecule has 0 spiro atoms. The van der Waals surface area contributed by atoms with Crippen LogP contribution in [0.3, 0.4) is 0 Å². The minimum atomic E-state index is -6.54. The fourth-order valence-electron chi connectivity index (χ4n) is 1.30. The smallest absolute Gasteiger partial charge is 0.369 e. The van der Waals surface area contributed by atoms with Gasteiger partial charge in [-0.25, -0.2) is 17.6 Å². The van der Waals surface area contributed by atoms with Gasteiger partial charge in [0.1, 0.15) is 26.6 Å². The van der Waals surface area contributed by atoms with Crippen LogP contribution in [-0.4, -0.2) is 62.1 Å². The third kappa shape index (κ3) is 4.22. The summed E-state index contributed by atoms with van der Waals surface area (Å²) in [6, 6.07) is 0. The van der Waals surface area contributed by atoms with Crippen LogP contribution >= 0.6 is 0 Å². The molecule has 0 aromatic carbocycles. The fourth-order valence-corrected chi connectivity index (χ4v) is 1.30. The zero-order valence-corrected chi connectivity index (χ0v) is 11.5. The Kier molecular flexibility index (Phi) is 6.66. The summed E-state index contributed by atoms with van der Waals surface area (Å²) in [4.78, 5) is 0. The van der Waals surface area contributed by atoms with Crippen LogP contribution in [0.5, 0.6) is 0 Å². The molecule has 0 saturated carbocycles. The van der Waals surface area contributed by atoms with Gasteiger partial charge in [0.25, 0.3) is 11.3 Å². The highest BCUT2D eigenvalue weighted by Crippen LogP contribution is 2.48. The summed E-state index contributed by atoms with van der Waals surface area (Å²) in [6.45, 7) is -12.7. The first-order valence-electron chi connectivity index (χ1n) is 5.79. The van der Waals surface area contributed by atoms with Gasteiger partial charge in [0, 0.05) is 0 Å². The molecular formula is C10H8F14O. The molecule has 2 atom stereocenters. The van der Waals surface area contributed by atoms with E-state index in [2.05, 4.69) is 4.74 Å². The van der Waals surface area contributed by atoms with Crippen molar-refractivity contribution in [2.24, 2.45) is 0 Å². The zero-order valence-electron chi connectivity index (χ0n) is 11.5. The fraction of sp³-hybridized carbons (Fsp3) is 1.00. The molecule has 0 aliphatic heterocycles. The van der Waals surface area contributed by atoms with Crippen LogP contribution in [0.25, 0.3) is 0 Å². The zero-order chi connectivity index (χ0) is 20.5. The van der Waals surface area contributed by atoms with E-state index >= 15 is 0 Å². The molecule has 0 fully saturated rings. The van der Waals surface area contributed by atoms with E-state index in [1.807, 2.05) is 0 Å². The van der Waals surface area contributed by atoms with E-state index < -0.39 is 62.1 Å². The van der Waals surface area contributed by atoms with Crippen LogP contribution in [-0.2, 0) is 4.74 Å². The van der Waals surface area contributed by atoms with Crippen molar-refractivity contribution in [3.05, 3.63) is 0 Å². The lowest BCUT2D eigenvalue weighted by Gasteiger charge is -2.34. The van der Waals surface area contributed by atoms with E-state index in [0.29, 0.717) is 0 Å². The molecule has 0 aromatic heterocycles. The monoisotopic (exact) mass is 410 g/mol. The number of ether oxygens (including phenoxy) is 1. The van der Waals surface area contributed by atoms with E-state index in [9.17, 15) is 61.5 Å². The lowest BCUT2D eigenvalue weighted by molar-refractivity contribution is -0.330. The van der Waals surface area contributed by atoms with Gasteiger partial charge >= 0.3 is 24.2 Å². The van der Waals surface area contributed by atoms with Gasteiger partial charge in [-0.1, -0.05) is 0 Å². The molecule has 1 nitrogen and oxygen atoms in total. The van der Waals surface area contributed by atoms with Gasteiger partial charge in [0.15, 0.2) is 0 Å². The van der Waals surface area contributed by atoms with Crippen molar-refractivity contribution >= 4 is 0 Å². The summed E-state index contributed by atoms with van der Waals surface area (Å²) in [7, 11) is 0. The summed E-state index contributed by atoms with van der Waals surface area (Å²) in [5, 5.41) is 0. The highest BCUT2D eigenvalue weighted by Gasteiger charge is 2.73. The van der Waals surface area contributed by atoms with Gasteiger partial charge in [0.05, 0.1) is 0 Å². The number of halogens is 14. The number of rotatable bonds is 8. The summed E-state index contributed by atoms with van der Waals surface area (Å²) < 4.78 is 178. The predicted octanol–water partition coefficient (Wildman–Crippen LogP) is 4.75. The van der Waals surface area contributed by atoms with Crippen molar-refractivity contribution < 1.29 is 66.2 Å². The van der Waals surface area contributed by atoms with Gasteiger partial charge in [-0.15, -0.1) is 0 Å². The van der Waals surface area contributed by atoms with Crippen molar-refractivity contribution in [1.82, 2.24) is 0 Å². The van der Waals surface area contributed by atoms with E-state index in [1.165, 1.54) is 0 Å². The molecule has 25 heavy (non-hydrogen) atoms. The second-order valence-electron chi connectivity index (χ2n) is 4.77. The van der Waals surface area contributed by atoms with Crippen molar-refractivity contribution in [3.63, 3.8) is 0 Å². The Labute approximate surface area is 129 Å². The van der Waals surface area contributed by atoms with Crippen LogP contribution < -0.4 is 0 Å². The summed E-state index contributed by atoms with van der Waals surface area (Å²) in [6.07, 6.45) is -13.1. The quantitative estimate of drug-likeness (QED) is 0.525. The first-order valence-corrected chi connectivity index (χ1v) is 5.79. The Morgan fingerprint density at radius 2 is 0.720 bits per heavy atom.